The van der Waals surface area contributed by atoms with Crippen molar-refractivity contribution in [1.82, 2.24) is 0 Å². The van der Waals surface area contributed by atoms with Crippen LogP contribution in [0.15, 0.2) is 9.51 Å². The summed E-state index contributed by atoms with van der Waals surface area (Å²) in [5.41, 5.74) is 10.4. The molecule has 0 aromatic heterocycles. The fourth-order valence-electron chi connectivity index (χ4n) is 0.0632. The van der Waals surface area contributed by atoms with Gasteiger partial charge in [0.1, 0.15) is 0 Å². The zero-order valence-electron chi connectivity index (χ0n) is 4.20. The minimum atomic E-state index is -2.27. The van der Waals surface area contributed by atoms with Crippen LogP contribution in [0.2, 0.25) is 0 Å². The van der Waals surface area contributed by atoms with Crippen LogP contribution in [0, 0.1) is 0 Å². The van der Waals surface area contributed by atoms with E-state index in [0.29, 0.717) is 0 Å². The molecule has 42 valence electrons. The van der Waals surface area contributed by atoms with E-state index < -0.39 is 7.51 Å². The molecule has 4 N–H and O–H groups in total. The normalized spacial score (nSPS) is 10.7. The minimum absolute atomic E-state index is 1.53. The van der Waals surface area contributed by atoms with Gasteiger partial charge in [-0.1, -0.05) is 0 Å². The van der Waals surface area contributed by atoms with Crippen LogP contribution in [0.25, 0.3) is 0 Å². The second kappa shape index (κ2) is 2.21. The fraction of sp³-hybridized carbons (Fsp3) is 0.500. The summed E-state index contributed by atoms with van der Waals surface area (Å²) in [7, 11) is -0.735. The van der Waals surface area contributed by atoms with Gasteiger partial charge >= 0.3 is 0 Å². The van der Waals surface area contributed by atoms with Crippen molar-refractivity contribution in [2.75, 3.05) is 7.05 Å². The molecular formula is C2H9N4P. The van der Waals surface area contributed by atoms with Crippen molar-refractivity contribution in [3.8, 4) is 0 Å². The molecule has 0 amide bonds. The molecule has 0 spiro atoms. The Kier molecular flexibility index (Phi) is 2.15. The summed E-state index contributed by atoms with van der Waals surface area (Å²) in [4.78, 5) is 0. The van der Waals surface area contributed by atoms with Gasteiger partial charge in [0, 0.05) is 7.05 Å². The largest absolute Gasteiger partial charge is 0.268 e. The second-order valence-electron chi connectivity index (χ2n) is 1.04. The third-order valence-electron chi connectivity index (χ3n) is 0.547. The molecule has 0 aromatic carbocycles. The van der Waals surface area contributed by atoms with Crippen molar-refractivity contribution in [3.05, 3.63) is 0 Å². The van der Waals surface area contributed by atoms with Gasteiger partial charge in [-0.25, -0.2) is 4.76 Å². The molecule has 0 aliphatic rings. The van der Waals surface area contributed by atoms with Gasteiger partial charge in [0.25, 0.3) is 0 Å². The van der Waals surface area contributed by atoms with E-state index in [4.69, 9.17) is 11.0 Å². The van der Waals surface area contributed by atoms with Gasteiger partial charge in [0.15, 0.2) is 7.51 Å². The van der Waals surface area contributed by atoms with Gasteiger partial charge in [0.05, 0.1) is 0 Å². The number of nitrogens with two attached hydrogens (primary N) is 2. The Morgan fingerprint density at radius 3 is 2.00 bits per heavy atom. The first kappa shape index (κ1) is 6.82. The van der Waals surface area contributed by atoms with Gasteiger partial charge in [-0.3, -0.25) is 15.8 Å². The van der Waals surface area contributed by atoms with Crippen LogP contribution in [0.3, 0.4) is 0 Å². The zero-order chi connectivity index (χ0) is 5.91. The standard InChI is InChI=1S/C2H9N4P/c1-5-7(3,4)6-2/h1,3-4H2,2H3. The van der Waals surface area contributed by atoms with E-state index in [1.54, 1.807) is 0 Å². The highest BCUT2D eigenvalue weighted by atomic mass is 31.2. The predicted octanol–water partition coefficient (Wildman–Crippen LogP) is 0.180. The fourth-order valence-corrected chi connectivity index (χ4v) is 0.190. The summed E-state index contributed by atoms with van der Waals surface area (Å²) in [6, 6.07) is 0. The first-order chi connectivity index (χ1) is 3.12. The van der Waals surface area contributed by atoms with Crippen molar-refractivity contribution in [2.45, 2.75) is 0 Å². The Labute approximate surface area is 42.8 Å². The van der Waals surface area contributed by atoms with Crippen LogP contribution in [0.4, 0.5) is 0 Å². The van der Waals surface area contributed by atoms with E-state index in [1.165, 1.54) is 7.05 Å². The topological polar surface area (TPSA) is 76.8 Å². The lowest BCUT2D eigenvalue weighted by molar-refractivity contribution is 1.42. The van der Waals surface area contributed by atoms with Crippen LogP contribution in [0.5, 0.6) is 0 Å². The molecule has 0 radical (unpaired) electrons. The number of hydrogen-bond acceptors (Lipinski definition) is 1. The maximum Gasteiger partial charge on any atom is 0.199 e. The van der Waals surface area contributed by atoms with E-state index in [1.807, 2.05) is 0 Å². The third kappa shape index (κ3) is 2.51. The Bertz CT molecular complexity index is 111. The molecule has 0 unspecified atom stereocenters. The number of rotatable bonds is 1. The van der Waals surface area contributed by atoms with E-state index in [2.05, 4.69) is 16.2 Å². The molecule has 0 fully saturated rings. The first-order valence-electron chi connectivity index (χ1n) is 1.68. The second-order valence-corrected chi connectivity index (χ2v) is 3.13. The summed E-state index contributed by atoms with van der Waals surface area (Å²) in [6.07, 6.45) is 0. The first-order valence-corrected chi connectivity index (χ1v) is 3.51. The van der Waals surface area contributed by atoms with Crippen LogP contribution in [-0.2, 0) is 0 Å². The Morgan fingerprint density at radius 1 is 1.57 bits per heavy atom. The molecule has 0 atom stereocenters. The molecule has 0 aliphatic carbocycles. The van der Waals surface area contributed by atoms with Crippen LogP contribution in [-0.4, -0.2) is 13.8 Å². The van der Waals surface area contributed by atoms with E-state index in [9.17, 15) is 0 Å². The molecule has 7 heavy (non-hydrogen) atoms. The average Bonchev–Trinajstić information content (AvgIpc) is 1.68. The molecular weight excluding hydrogens is 111 g/mol. The zero-order valence-corrected chi connectivity index (χ0v) is 5.10. The van der Waals surface area contributed by atoms with Crippen molar-refractivity contribution >= 4 is 14.2 Å². The van der Waals surface area contributed by atoms with Gasteiger partial charge in [-0.2, -0.15) is 0 Å². The van der Waals surface area contributed by atoms with Gasteiger partial charge in [-0.05, 0) is 6.72 Å². The Balaban J connectivity index is 4.13. The lowest BCUT2D eigenvalue weighted by Gasteiger charge is -2.00. The molecule has 0 rings (SSSR count). The molecule has 0 bridgehead atoms. The van der Waals surface area contributed by atoms with Crippen molar-refractivity contribution in [3.63, 3.8) is 0 Å². The molecule has 0 aliphatic heterocycles. The monoisotopic (exact) mass is 120 g/mol. The van der Waals surface area contributed by atoms with Crippen LogP contribution >= 0.6 is 7.51 Å². The molecule has 0 aromatic rings. The molecule has 0 heterocycles. The third-order valence-corrected chi connectivity index (χ3v) is 1.64. The summed E-state index contributed by atoms with van der Waals surface area (Å²) < 4.78 is 6.97. The summed E-state index contributed by atoms with van der Waals surface area (Å²) in [6.45, 7) is 3.16. The quantitative estimate of drug-likeness (QED) is 0.382. The van der Waals surface area contributed by atoms with Crippen LogP contribution < -0.4 is 11.0 Å². The summed E-state index contributed by atoms with van der Waals surface area (Å²) in [5.74, 6) is 0. The van der Waals surface area contributed by atoms with Crippen molar-refractivity contribution in [2.24, 2.45) is 20.5 Å². The Hall–Kier alpha value is -0.180. The van der Waals surface area contributed by atoms with Crippen molar-refractivity contribution < 1.29 is 0 Å². The molecule has 0 saturated carbocycles. The van der Waals surface area contributed by atoms with E-state index >= 15 is 0 Å². The maximum atomic E-state index is 5.21. The SMILES string of the molecule is C=NP(N)(N)=NC. The smallest absolute Gasteiger partial charge is 0.199 e. The van der Waals surface area contributed by atoms with Gasteiger partial charge in [-0.15, -0.1) is 0 Å². The molecule has 0 saturated heterocycles. The highest BCUT2D eigenvalue weighted by molar-refractivity contribution is 7.60. The van der Waals surface area contributed by atoms with Gasteiger partial charge < -0.3 is 0 Å². The summed E-state index contributed by atoms with van der Waals surface area (Å²) >= 11 is 0. The van der Waals surface area contributed by atoms with E-state index in [0.717, 1.165) is 0 Å². The van der Waals surface area contributed by atoms with Crippen LogP contribution in [0.1, 0.15) is 0 Å². The number of hydrogen-bond donors (Lipinski definition) is 2. The van der Waals surface area contributed by atoms with Crippen molar-refractivity contribution in [1.29, 1.82) is 0 Å². The molecule has 5 heteroatoms. The average molecular weight is 120 g/mol. The minimum Gasteiger partial charge on any atom is -0.268 e. The number of nitrogens with zero attached hydrogens (tertiary/aromatic N) is 2. The molecule has 4 nitrogen and oxygen atoms in total. The highest BCUT2D eigenvalue weighted by Gasteiger charge is 1.93. The summed E-state index contributed by atoms with van der Waals surface area (Å²) in [5, 5.41) is 0. The van der Waals surface area contributed by atoms with E-state index in [-0.39, 0.29) is 0 Å². The maximum absolute atomic E-state index is 5.21. The lowest BCUT2D eigenvalue weighted by Crippen LogP contribution is -2.00. The van der Waals surface area contributed by atoms with Gasteiger partial charge in [0.2, 0.25) is 0 Å². The predicted molar refractivity (Wildman–Crippen MR) is 33.2 cm³/mol. The lowest BCUT2D eigenvalue weighted by atomic mass is 11.6. The Morgan fingerprint density at radius 2 is 2.00 bits per heavy atom. The highest BCUT2D eigenvalue weighted by Crippen LogP contribution is 2.29.